The lowest BCUT2D eigenvalue weighted by molar-refractivity contribution is 0.323. The van der Waals surface area contributed by atoms with Gasteiger partial charge in [-0.05, 0) is 74.9 Å². The van der Waals surface area contributed by atoms with Gasteiger partial charge in [-0.1, -0.05) is 24.3 Å². The summed E-state index contributed by atoms with van der Waals surface area (Å²) in [4.78, 5) is 11.6. The smallest absolute Gasteiger partial charge is 0.225 e. The number of nitrogens with zero attached hydrogens (tertiary/aromatic N) is 3. The standard InChI is InChI=1S/C26H35N5O/c1-4-32-22-9-7-8-20(16-22)18-27-17-19-12-14-21(15-13-19)28-26-29-24-11-6-5-10-23(24)25(30-26)31(2)3/h5-11,16,19,21,27H,4,12-15,17-18H2,1-3H3,(H,28,29,30)/t19-,21+. The fraction of sp³-hybridized carbons (Fsp3) is 0.462. The first-order chi connectivity index (χ1) is 15.6. The fourth-order valence-corrected chi connectivity index (χ4v) is 4.49. The number of ether oxygens (including phenoxy) is 1. The summed E-state index contributed by atoms with van der Waals surface area (Å²) < 4.78 is 5.60. The van der Waals surface area contributed by atoms with E-state index >= 15 is 0 Å². The summed E-state index contributed by atoms with van der Waals surface area (Å²) >= 11 is 0. The molecule has 0 amide bonds. The first-order valence-electron chi connectivity index (χ1n) is 11.8. The molecule has 1 aliphatic rings. The van der Waals surface area contributed by atoms with Crippen molar-refractivity contribution >= 4 is 22.7 Å². The Labute approximate surface area is 191 Å². The lowest BCUT2D eigenvalue weighted by atomic mass is 9.86. The first-order valence-corrected chi connectivity index (χ1v) is 11.8. The molecular weight excluding hydrogens is 398 g/mol. The van der Waals surface area contributed by atoms with Gasteiger partial charge in [-0.15, -0.1) is 0 Å². The Hall–Kier alpha value is -2.86. The van der Waals surface area contributed by atoms with Crippen molar-refractivity contribution in [3.8, 4) is 5.75 Å². The van der Waals surface area contributed by atoms with Crippen molar-refractivity contribution in [2.45, 2.75) is 45.2 Å². The molecule has 1 saturated carbocycles. The lowest BCUT2D eigenvalue weighted by Crippen LogP contribution is -2.31. The van der Waals surface area contributed by atoms with Gasteiger partial charge in [-0.25, -0.2) is 4.98 Å². The van der Waals surface area contributed by atoms with Crippen LogP contribution in [0.25, 0.3) is 10.9 Å². The number of hydrogen-bond donors (Lipinski definition) is 2. The zero-order valence-corrected chi connectivity index (χ0v) is 19.5. The van der Waals surface area contributed by atoms with Crippen LogP contribution < -0.4 is 20.3 Å². The number of aromatic nitrogens is 2. The number of hydrogen-bond acceptors (Lipinski definition) is 6. The Morgan fingerprint density at radius 1 is 1.00 bits per heavy atom. The molecule has 0 aliphatic heterocycles. The van der Waals surface area contributed by atoms with E-state index < -0.39 is 0 Å². The van der Waals surface area contributed by atoms with Crippen molar-refractivity contribution in [2.75, 3.05) is 37.5 Å². The van der Waals surface area contributed by atoms with E-state index in [0.717, 1.165) is 60.3 Å². The van der Waals surface area contributed by atoms with E-state index in [1.54, 1.807) is 0 Å². The minimum absolute atomic E-state index is 0.435. The van der Waals surface area contributed by atoms with E-state index in [-0.39, 0.29) is 0 Å². The van der Waals surface area contributed by atoms with E-state index in [1.807, 2.05) is 39.2 Å². The molecule has 32 heavy (non-hydrogen) atoms. The van der Waals surface area contributed by atoms with Gasteiger partial charge in [0, 0.05) is 32.1 Å². The third-order valence-electron chi connectivity index (χ3n) is 6.16. The summed E-state index contributed by atoms with van der Waals surface area (Å²) in [5.74, 6) is 3.37. The van der Waals surface area contributed by atoms with Gasteiger partial charge in [-0.3, -0.25) is 0 Å². The van der Waals surface area contributed by atoms with Crippen molar-refractivity contribution in [2.24, 2.45) is 5.92 Å². The summed E-state index contributed by atoms with van der Waals surface area (Å²) in [6.45, 7) is 4.67. The second-order valence-electron chi connectivity index (χ2n) is 8.86. The number of nitrogens with one attached hydrogen (secondary N) is 2. The highest BCUT2D eigenvalue weighted by molar-refractivity contribution is 5.90. The maximum Gasteiger partial charge on any atom is 0.225 e. The normalized spacial score (nSPS) is 18.5. The van der Waals surface area contributed by atoms with Gasteiger partial charge >= 0.3 is 0 Å². The van der Waals surface area contributed by atoms with Crippen LogP contribution in [0, 0.1) is 5.92 Å². The Bertz CT molecular complexity index is 1010. The van der Waals surface area contributed by atoms with Gasteiger partial charge in [0.05, 0.1) is 12.1 Å². The average Bonchev–Trinajstić information content (AvgIpc) is 2.80. The van der Waals surface area contributed by atoms with Crippen LogP contribution in [0.15, 0.2) is 48.5 Å². The number of fused-ring (bicyclic) bond motifs is 1. The maximum atomic E-state index is 5.60. The third kappa shape index (κ3) is 5.68. The summed E-state index contributed by atoms with van der Waals surface area (Å²) in [5.41, 5.74) is 2.26. The zero-order chi connectivity index (χ0) is 22.3. The van der Waals surface area contributed by atoms with Crippen LogP contribution in [0.1, 0.15) is 38.2 Å². The molecule has 1 aromatic heterocycles. The van der Waals surface area contributed by atoms with Crippen LogP contribution in [0.5, 0.6) is 5.75 Å². The number of anilines is 2. The van der Waals surface area contributed by atoms with Crippen LogP contribution in [0.3, 0.4) is 0 Å². The highest BCUT2D eigenvalue weighted by Gasteiger charge is 2.22. The maximum absolute atomic E-state index is 5.60. The zero-order valence-electron chi connectivity index (χ0n) is 19.5. The topological polar surface area (TPSA) is 62.3 Å². The SMILES string of the molecule is CCOc1cccc(CNC[C@H]2CC[C@@H](Nc3nc(N(C)C)c4ccccc4n3)CC2)c1. The molecule has 1 fully saturated rings. The van der Waals surface area contributed by atoms with Crippen LogP contribution in [-0.2, 0) is 6.54 Å². The van der Waals surface area contributed by atoms with Gasteiger partial charge in [-0.2, -0.15) is 4.98 Å². The van der Waals surface area contributed by atoms with Gasteiger partial charge in [0.15, 0.2) is 0 Å². The van der Waals surface area contributed by atoms with Crippen molar-refractivity contribution in [3.63, 3.8) is 0 Å². The van der Waals surface area contributed by atoms with Crippen molar-refractivity contribution < 1.29 is 4.74 Å². The molecule has 1 heterocycles. The Kier molecular flexibility index (Phi) is 7.43. The minimum atomic E-state index is 0.435. The molecule has 0 radical (unpaired) electrons. The van der Waals surface area contributed by atoms with Gasteiger partial charge in [0.1, 0.15) is 11.6 Å². The van der Waals surface area contributed by atoms with E-state index in [2.05, 4.69) is 45.9 Å². The van der Waals surface area contributed by atoms with Crippen LogP contribution in [0.4, 0.5) is 11.8 Å². The summed E-state index contributed by atoms with van der Waals surface area (Å²) in [7, 11) is 4.06. The monoisotopic (exact) mass is 433 g/mol. The molecule has 4 rings (SSSR count). The van der Waals surface area contributed by atoms with Crippen LogP contribution in [-0.4, -0.2) is 43.3 Å². The van der Waals surface area contributed by atoms with Crippen molar-refractivity contribution in [1.82, 2.24) is 15.3 Å². The third-order valence-corrected chi connectivity index (χ3v) is 6.16. The first kappa shape index (κ1) is 22.3. The van der Waals surface area contributed by atoms with Crippen molar-refractivity contribution in [3.05, 3.63) is 54.1 Å². The fourth-order valence-electron chi connectivity index (χ4n) is 4.49. The molecule has 170 valence electrons. The lowest BCUT2D eigenvalue weighted by Gasteiger charge is -2.29. The molecule has 3 aromatic rings. The van der Waals surface area contributed by atoms with E-state index in [0.29, 0.717) is 12.6 Å². The van der Waals surface area contributed by atoms with E-state index in [1.165, 1.54) is 18.4 Å². The number of para-hydroxylation sites is 1. The van der Waals surface area contributed by atoms with Gasteiger partial charge in [0.25, 0.3) is 0 Å². The summed E-state index contributed by atoms with van der Waals surface area (Å²) in [6.07, 6.45) is 4.74. The summed E-state index contributed by atoms with van der Waals surface area (Å²) in [5, 5.41) is 8.33. The molecule has 6 heteroatoms. The predicted octanol–water partition coefficient (Wildman–Crippen LogP) is 4.86. The molecule has 0 atom stereocenters. The molecule has 0 bridgehead atoms. The minimum Gasteiger partial charge on any atom is -0.494 e. The molecule has 2 N–H and O–H groups in total. The van der Waals surface area contributed by atoms with Gasteiger partial charge < -0.3 is 20.3 Å². The van der Waals surface area contributed by atoms with E-state index in [4.69, 9.17) is 14.7 Å². The highest BCUT2D eigenvalue weighted by atomic mass is 16.5. The molecule has 0 spiro atoms. The molecular formula is C26H35N5O. The van der Waals surface area contributed by atoms with Crippen molar-refractivity contribution in [1.29, 1.82) is 0 Å². The Morgan fingerprint density at radius 3 is 2.59 bits per heavy atom. The quantitative estimate of drug-likeness (QED) is 0.503. The molecule has 0 unspecified atom stereocenters. The second-order valence-corrected chi connectivity index (χ2v) is 8.86. The predicted molar refractivity (Wildman–Crippen MR) is 133 cm³/mol. The van der Waals surface area contributed by atoms with Gasteiger partial charge in [0.2, 0.25) is 5.95 Å². The second kappa shape index (κ2) is 10.6. The number of benzene rings is 2. The largest absolute Gasteiger partial charge is 0.494 e. The molecule has 1 aliphatic carbocycles. The van der Waals surface area contributed by atoms with Crippen LogP contribution >= 0.6 is 0 Å². The molecule has 2 aromatic carbocycles. The highest BCUT2D eigenvalue weighted by Crippen LogP contribution is 2.28. The molecule has 0 saturated heterocycles. The number of rotatable bonds is 9. The average molecular weight is 434 g/mol. The Morgan fingerprint density at radius 2 is 1.81 bits per heavy atom. The summed E-state index contributed by atoms with van der Waals surface area (Å²) in [6, 6.07) is 17.0. The van der Waals surface area contributed by atoms with Crippen LogP contribution in [0.2, 0.25) is 0 Å². The Balaban J connectivity index is 1.27. The molecule has 6 nitrogen and oxygen atoms in total. The van der Waals surface area contributed by atoms with E-state index in [9.17, 15) is 0 Å².